The number of carbonyl (C=O) groups excluding carboxylic acids is 1. The first-order valence-corrected chi connectivity index (χ1v) is 8.28. The Balaban J connectivity index is 1.84. The van der Waals surface area contributed by atoms with Gasteiger partial charge in [-0.25, -0.2) is 4.79 Å². The van der Waals surface area contributed by atoms with Gasteiger partial charge in [-0.2, -0.15) is 0 Å². The van der Waals surface area contributed by atoms with Crippen molar-refractivity contribution in [2.75, 3.05) is 27.3 Å². The maximum atomic E-state index is 11.5. The lowest BCUT2D eigenvalue weighted by Crippen LogP contribution is -2.48. The molecule has 1 fully saturated rings. The SMILES string of the molecule is COC(=O)N1CCC(N[C@@H](C)[C@H](C)c2ccc(OC)cc2)CC1. The van der Waals surface area contributed by atoms with E-state index in [1.54, 1.807) is 12.0 Å². The Bertz CT molecular complexity index is 495. The molecular formula is C18H28N2O3. The van der Waals surface area contributed by atoms with Gasteiger partial charge in [0, 0.05) is 25.2 Å². The Kier molecular flexibility index (Phi) is 6.28. The molecule has 1 aromatic rings. The largest absolute Gasteiger partial charge is 0.497 e. The van der Waals surface area contributed by atoms with E-state index in [-0.39, 0.29) is 6.09 Å². The normalized spacial score (nSPS) is 18.3. The van der Waals surface area contributed by atoms with Crippen LogP contribution in [0.4, 0.5) is 4.79 Å². The minimum atomic E-state index is -0.219. The minimum absolute atomic E-state index is 0.219. The second-order valence-electron chi connectivity index (χ2n) is 6.25. The third kappa shape index (κ3) is 4.61. The second-order valence-corrected chi connectivity index (χ2v) is 6.25. The molecule has 1 saturated heterocycles. The van der Waals surface area contributed by atoms with Crippen molar-refractivity contribution in [3.8, 4) is 5.75 Å². The monoisotopic (exact) mass is 320 g/mol. The second kappa shape index (κ2) is 8.20. The Hall–Kier alpha value is -1.75. The molecule has 0 aromatic heterocycles. The molecule has 5 nitrogen and oxygen atoms in total. The van der Waals surface area contributed by atoms with Gasteiger partial charge in [-0.1, -0.05) is 19.1 Å². The summed E-state index contributed by atoms with van der Waals surface area (Å²) in [6.07, 6.45) is 1.71. The smallest absolute Gasteiger partial charge is 0.409 e. The third-order valence-electron chi connectivity index (χ3n) is 4.82. The number of hydrogen-bond donors (Lipinski definition) is 1. The molecule has 0 saturated carbocycles. The van der Waals surface area contributed by atoms with Gasteiger partial charge in [0.2, 0.25) is 0 Å². The molecule has 1 aliphatic rings. The maximum Gasteiger partial charge on any atom is 0.409 e. The Labute approximate surface area is 139 Å². The highest BCUT2D eigenvalue weighted by atomic mass is 16.5. The molecule has 5 heteroatoms. The van der Waals surface area contributed by atoms with Gasteiger partial charge >= 0.3 is 6.09 Å². The molecule has 128 valence electrons. The lowest BCUT2D eigenvalue weighted by molar-refractivity contribution is 0.108. The number of amides is 1. The molecule has 1 aliphatic heterocycles. The van der Waals surface area contributed by atoms with Gasteiger partial charge in [-0.05, 0) is 43.4 Å². The summed E-state index contributed by atoms with van der Waals surface area (Å²) in [7, 11) is 3.12. The van der Waals surface area contributed by atoms with E-state index in [4.69, 9.17) is 9.47 Å². The average Bonchev–Trinajstić information content (AvgIpc) is 2.61. The lowest BCUT2D eigenvalue weighted by Gasteiger charge is -2.34. The molecule has 0 aliphatic carbocycles. The molecule has 2 rings (SSSR count). The Morgan fingerprint density at radius 1 is 1.17 bits per heavy atom. The van der Waals surface area contributed by atoms with Crippen LogP contribution in [-0.2, 0) is 4.74 Å². The first-order valence-electron chi connectivity index (χ1n) is 8.28. The topological polar surface area (TPSA) is 50.8 Å². The van der Waals surface area contributed by atoms with Crippen molar-refractivity contribution < 1.29 is 14.3 Å². The standard InChI is InChI=1S/C18H28N2O3/c1-13(15-5-7-17(22-3)8-6-15)14(2)19-16-9-11-20(12-10-16)18(21)23-4/h5-8,13-14,16,19H,9-12H2,1-4H3/t13-,14-/m0/s1. The minimum Gasteiger partial charge on any atom is -0.497 e. The van der Waals surface area contributed by atoms with E-state index in [0.717, 1.165) is 31.7 Å². The van der Waals surface area contributed by atoms with Crippen LogP contribution in [-0.4, -0.2) is 50.4 Å². The molecule has 0 unspecified atom stereocenters. The summed E-state index contributed by atoms with van der Waals surface area (Å²) >= 11 is 0. The highest BCUT2D eigenvalue weighted by molar-refractivity contribution is 5.67. The Morgan fingerprint density at radius 2 is 1.78 bits per heavy atom. The zero-order valence-electron chi connectivity index (χ0n) is 14.5. The van der Waals surface area contributed by atoms with Crippen LogP contribution < -0.4 is 10.1 Å². The summed E-state index contributed by atoms with van der Waals surface area (Å²) in [6.45, 7) is 5.98. The maximum absolute atomic E-state index is 11.5. The van der Waals surface area contributed by atoms with Crippen LogP contribution in [0.15, 0.2) is 24.3 Å². The number of carbonyl (C=O) groups is 1. The van der Waals surface area contributed by atoms with Gasteiger partial charge in [0.25, 0.3) is 0 Å². The summed E-state index contributed by atoms with van der Waals surface area (Å²) in [5.41, 5.74) is 1.30. The van der Waals surface area contributed by atoms with Gasteiger partial charge in [-0.3, -0.25) is 0 Å². The molecule has 23 heavy (non-hydrogen) atoms. The van der Waals surface area contributed by atoms with Crippen molar-refractivity contribution >= 4 is 6.09 Å². The van der Waals surface area contributed by atoms with Crippen molar-refractivity contribution in [1.82, 2.24) is 10.2 Å². The summed E-state index contributed by atoms with van der Waals surface area (Å²) in [5.74, 6) is 1.30. The van der Waals surface area contributed by atoms with Crippen LogP contribution in [0.2, 0.25) is 0 Å². The van der Waals surface area contributed by atoms with Crippen molar-refractivity contribution in [2.24, 2.45) is 0 Å². The summed E-state index contributed by atoms with van der Waals surface area (Å²) in [4.78, 5) is 13.3. The predicted octanol–water partition coefficient (Wildman–Crippen LogP) is 3.01. The number of benzene rings is 1. The van der Waals surface area contributed by atoms with Crippen LogP contribution in [0.25, 0.3) is 0 Å². The molecule has 1 amide bonds. The summed E-state index contributed by atoms with van der Waals surface area (Å²) < 4.78 is 9.99. The summed E-state index contributed by atoms with van der Waals surface area (Å²) in [6, 6.07) is 9.09. The molecule has 0 bridgehead atoms. The zero-order valence-corrected chi connectivity index (χ0v) is 14.5. The number of rotatable bonds is 5. The van der Waals surface area contributed by atoms with Gasteiger partial charge in [0.15, 0.2) is 0 Å². The zero-order chi connectivity index (χ0) is 16.8. The first kappa shape index (κ1) is 17.6. The van der Waals surface area contributed by atoms with Crippen LogP contribution in [0, 0.1) is 0 Å². The van der Waals surface area contributed by atoms with Gasteiger partial charge < -0.3 is 19.7 Å². The molecule has 2 atom stereocenters. The number of likely N-dealkylation sites (tertiary alicyclic amines) is 1. The van der Waals surface area contributed by atoms with Crippen LogP contribution >= 0.6 is 0 Å². The average molecular weight is 320 g/mol. The quantitative estimate of drug-likeness (QED) is 0.906. The third-order valence-corrected chi connectivity index (χ3v) is 4.82. The predicted molar refractivity (Wildman–Crippen MR) is 91.0 cm³/mol. The number of ether oxygens (including phenoxy) is 2. The van der Waals surface area contributed by atoms with Crippen molar-refractivity contribution in [1.29, 1.82) is 0 Å². The van der Waals surface area contributed by atoms with Crippen LogP contribution in [0.5, 0.6) is 5.75 Å². The van der Waals surface area contributed by atoms with Gasteiger partial charge in [-0.15, -0.1) is 0 Å². The summed E-state index contributed by atoms with van der Waals surface area (Å²) in [5, 5.41) is 3.71. The number of hydrogen-bond acceptors (Lipinski definition) is 4. The van der Waals surface area contributed by atoms with Gasteiger partial charge in [0.05, 0.1) is 14.2 Å². The Morgan fingerprint density at radius 3 is 2.30 bits per heavy atom. The fraction of sp³-hybridized carbons (Fsp3) is 0.611. The van der Waals surface area contributed by atoms with E-state index in [2.05, 4.69) is 31.3 Å². The fourth-order valence-electron chi connectivity index (χ4n) is 3.07. The first-order chi connectivity index (χ1) is 11.0. The molecule has 0 radical (unpaired) electrons. The number of piperidine rings is 1. The van der Waals surface area contributed by atoms with E-state index < -0.39 is 0 Å². The molecular weight excluding hydrogens is 292 g/mol. The highest BCUT2D eigenvalue weighted by Gasteiger charge is 2.25. The molecule has 1 heterocycles. The molecule has 0 spiro atoms. The van der Waals surface area contributed by atoms with E-state index in [1.807, 2.05) is 12.1 Å². The fourth-order valence-corrected chi connectivity index (χ4v) is 3.07. The molecule has 1 aromatic carbocycles. The van der Waals surface area contributed by atoms with Gasteiger partial charge in [0.1, 0.15) is 5.75 Å². The van der Waals surface area contributed by atoms with E-state index >= 15 is 0 Å². The van der Waals surface area contributed by atoms with Crippen molar-refractivity contribution in [2.45, 2.75) is 44.7 Å². The van der Waals surface area contributed by atoms with Crippen LogP contribution in [0.3, 0.4) is 0 Å². The lowest BCUT2D eigenvalue weighted by atomic mass is 9.92. The van der Waals surface area contributed by atoms with Crippen molar-refractivity contribution in [3.63, 3.8) is 0 Å². The number of nitrogens with zero attached hydrogens (tertiary/aromatic N) is 1. The highest BCUT2D eigenvalue weighted by Crippen LogP contribution is 2.23. The number of nitrogens with one attached hydrogen (secondary N) is 1. The van der Waals surface area contributed by atoms with E-state index in [9.17, 15) is 4.79 Å². The van der Waals surface area contributed by atoms with E-state index in [1.165, 1.54) is 12.7 Å². The van der Waals surface area contributed by atoms with E-state index in [0.29, 0.717) is 18.0 Å². The number of methoxy groups -OCH3 is 2. The van der Waals surface area contributed by atoms with Crippen molar-refractivity contribution in [3.05, 3.63) is 29.8 Å². The van der Waals surface area contributed by atoms with Crippen LogP contribution in [0.1, 0.15) is 38.2 Å². The molecule has 1 N–H and O–H groups in total.